The Morgan fingerprint density at radius 3 is 1.81 bits per heavy atom. The second-order valence-corrected chi connectivity index (χ2v) is 11.9. The summed E-state index contributed by atoms with van der Waals surface area (Å²) >= 11 is 0. The second kappa shape index (κ2) is 13.7. The summed E-state index contributed by atoms with van der Waals surface area (Å²) in [6.45, 7) is 5.86. The van der Waals surface area contributed by atoms with Crippen molar-refractivity contribution in [1.29, 1.82) is 0 Å². The third-order valence-electron chi connectivity index (χ3n) is 7.59. The van der Waals surface area contributed by atoms with Crippen molar-refractivity contribution in [2.45, 2.75) is 63.6 Å². The molecule has 0 radical (unpaired) electrons. The third kappa shape index (κ3) is 8.54. The van der Waals surface area contributed by atoms with E-state index in [0.29, 0.717) is 22.3 Å². The molecular formula is C33H41FN4O5. The highest BCUT2D eigenvalue weighted by Gasteiger charge is 2.36. The van der Waals surface area contributed by atoms with Gasteiger partial charge in [0.05, 0.1) is 6.04 Å². The summed E-state index contributed by atoms with van der Waals surface area (Å²) in [6.07, 6.45) is 0.294. The van der Waals surface area contributed by atoms with Crippen molar-refractivity contribution < 1.29 is 29.0 Å². The highest BCUT2D eigenvalue weighted by Crippen LogP contribution is 2.31. The number of phenolic OH excluding ortho intramolecular Hbond substituents is 2. The molecule has 3 amide bonds. The molecule has 0 bridgehead atoms. The first kappa shape index (κ1) is 33.1. The molecular weight excluding hydrogens is 551 g/mol. The van der Waals surface area contributed by atoms with Crippen molar-refractivity contribution in [3.63, 3.8) is 0 Å². The molecule has 3 aromatic carbocycles. The van der Waals surface area contributed by atoms with Crippen LogP contribution in [0.15, 0.2) is 66.7 Å². The second-order valence-electron chi connectivity index (χ2n) is 11.9. The van der Waals surface area contributed by atoms with E-state index in [-0.39, 0.29) is 36.2 Å². The van der Waals surface area contributed by atoms with Crippen LogP contribution < -0.4 is 11.5 Å². The van der Waals surface area contributed by atoms with Crippen LogP contribution in [0.2, 0.25) is 0 Å². The molecule has 0 aliphatic rings. The van der Waals surface area contributed by atoms with E-state index in [0.717, 1.165) is 0 Å². The van der Waals surface area contributed by atoms with Crippen molar-refractivity contribution in [1.82, 2.24) is 9.80 Å². The number of nitrogens with zero attached hydrogens (tertiary/aromatic N) is 2. The van der Waals surface area contributed by atoms with Crippen molar-refractivity contribution in [2.24, 2.45) is 11.5 Å². The van der Waals surface area contributed by atoms with Crippen LogP contribution in [0, 0.1) is 5.82 Å². The number of carbonyl (C=O) groups is 3. The number of carbonyl (C=O) groups excluding carboxylic acids is 3. The maximum absolute atomic E-state index is 14.0. The van der Waals surface area contributed by atoms with Gasteiger partial charge in [0.15, 0.2) is 0 Å². The molecule has 3 rings (SSSR count). The minimum atomic E-state index is -1.06. The number of hydrogen-bond acceptors (Lipinski definition) is 6. The molecule has 0 aromatic heterocycles. The Kier molecular flexibility index (Phi) is 10.5. The van der Waals surface area contributed by atoms with Gasteiger partial charge in [0.1, 0.15) is 29.4 Å². The van der Waals surface area contributed by atoms with Crippen LogP contribution in [0.3, 0.4) is 0 Å². The van der Waals surface area contributed by atoms with Crippen LogP contribution in [0.4, 0.5) is 4.39 Å². The van der Waals surface area contributed by atoms with Crippen molar-refractivity contribution in [2.75, 3.05) is 14.1 Å². The molecule has 0 saturated heterocycles. The van der Waals surface area contributed by atoms with Crippen LogP contribution in [-0.4, -0.2) is 70.0 Å². The predicted molar refractivity (Wildman–Crippen MR) is 163 cm³/mol. The lowest BCUT2D eigenvalue weighted by atomic mass is 9.84. The molecule has 3 aromatic rings. The fraction of sp³-hybridized carbons (Fsp3) is 0.364. The van der Waals surface area contributed by atoms with Gasteiger partial charge in [0.2, 0.25) is 17.7 Å². The molecule has 6 N–H and O–H groups in total. The van der Waals surface area contributed by atoms with E-state index < -0.39 is 41.7 Å². The number of rotatable bonds is 11. The first-order valence-electron chi connectivity index (χ1n) is 14.0. The van der Waals surface area contributed by atoms with E-state index in [4.69, 9.17) is 11.5 Å². The molecule has 230 valence electrons. The summed E-state index contributed by atoms with van der Waals surface area (Å²) in [5, 5.41) is 20.1. The van der Waals surface area contributed by atoms with Crippen LogP contribution in [-0.2, 0) is 39.1 Å². The molecule has 0 heterocycles. The Morgan fingerprint density at radius 2 is 1.26 bits per heavy atom. The molecule has 0 fully saturated rings. The topological polar surface area (TPSA) is 150 Å². The van der Waals surface area contributed by atoms with E-state index in [1.165, 1.54) is 48.2 Å². The van der Waals surface area contributed by atoms with Gasteiger partial charge in [-0.05, 0) is 64.4 Å². The van der Waals surface area contributed by atoms with E-state index in [1.807, 2.05) is 20.8 Å². The monoisotopic (exact) mass is 592 g/mol. The van der Waals surface area contributed by atoms with Gasteiger partial charge in [-0.25, -0.2) is 4.39 Å². The van der Waals surface area contributed by atoms with Gasteiger partial charge < -0.3 is 31.5 Å². The number of likely N-dealkylation sites (N-methyl/N-ethyl adjacent to an activating group) is 2. The molecule has 3 atom stereocenters. The van der Waals surface area contributed by atoms with Gasteiger partial charge in [-0.15, -0.1) is 0 Å². The quantitative estimate of drug-likeness (QED) is 0.269. The highest BCUT2D eigenvalue weighted by molar-refractivity contribution is 5.93. The van der Waals surface area contributed by atoms with Gasteiger partial charge in [-0.2, -0.15) is 0 Å². The van der Waals surface area contributed by atoms with Gasteiger partial charge in [0, 0.05) is 26.9 Å². The lowest BCUT2D eigenvalue weighted by Crippen LogP contribution is -2.57. The zero-order valence-electron chi connectivity index (χ0n) is 25.3. The molecule has 0 aliphatic heterocycles. The van der Waals surface area contributed by atoms with Crippen molar-refractivity contribution in [3.05, 3.63) is 94.8 Å². The highest BCUT2D eigenvalue weighted by atomic mass is 19.1. The predicted octanol–water partition coefficient (Wildman–Crippen LogP) is 3.03. The van der Waals surface area contributed by atoms with E-state index in [1.54, 1.807) is 42.5 Å². The van der Waals surface area contributed by atoms with Gasteiger partial charge >= 0.3 is 0 Å². The smallest absolute Gasteiger partial charge is 0.246 e. The molecule has 0 aliphatic carbocycles. The fourth-order valence-electron chi connectivity index (χ4n) is 4.97. The lowest BCUT2D eigenvalue weighted by molar-refractivity contribution is -0.147. The maximum atomic E-state index is 14.0. The van der Waals surface area contributed by atoms with Gasteiger partial charge in [-0.3, -0.25) is 14.4 Å². The number of benzene rings is 3. The number of hydrogen-bond donors (Lipinski definition) is 4. The summed E-state index contributed by atoms with van der Waals surface area (Å²) in [5.41, 5.74) is 14.4. The van der Waals surface area contributed by atoms with E-state index in [2.05, 4.69) is 0 Å². The Hall–Kier alpha value is -4.44. The first-order chi connectivity index (χ1) is 20.1. The average molecular weight is 593 g/mol. The fourth-order valence-corrected chi connectivity index (χ4v) is 4.97. The lowest BCUT2D eigenvalue weighted by Gasteiger charge is -2.35. The molecule has 0 spiro atoms. The Balaban J connectivity index is 1.90. The Labute approximate surface area is 251 Å². The SMILES string of the molecule is CN(C(=O)[C@@H](N)Cc1ccc(F)cc1)[C@@H](Cc1ccc(O)cc1)C(=O)N(C)[C@@H](Cc1ccc(O)c(C(C)(C)C)c1)C(N)=O. The molecule has 9 nitrogen and oxygen atoms in total. The Morgan fingerprint density at radius 1 is 0.767 bits per heavy atom. The van der Waals surface area contributed by atoms with Crippen LogP contribution >= 0.6 is 0 Å². The standard InChI is InChI=1S/C33H41FN4O5/c1-33(2,3)25-16-22(10-15-29(25)40)19-27(30(36)41)37(4)32(43)28(18-21-8-13-24(39)14-9-21)38(5)31(42)26(35)17-20-6-11-23(34)12-7-20/h6-16,26-28,39-40H,17-19,35H2,1-5H3,(H2,36,41)/t26-,27-,28-/m0/s1. The summed E-state index contributed by atoms with van der Waals surface area (Å²) in [5.74, 6) is -2.01. The zero-order chi connectivity index (χ0) is 32.1. The van der Waals surface area contributed by atoms with Crippen molar-refractivity contribution >= 4 is 17.7 Å². The summed E-state index contributed by atoms with van der Waals surface area (Å²) in [4.78, 5) is 42.7. The number of amides is 3. The van der Waals surface area contributed by atoms with Gasteiger partial charge in [-0.1, -0.05) is 57.2 Å². The largest absolute Gasteiger partial charge is 0.508 e. The normalized spacial score (nSPS) is 13.6. The van der Waals surface area contributed by atoms with E-state index >= 15 is 0 Å². The molecule has 43 heavy (non-hydrogen) atoms. The number of halogens is 1. The minimum Gasteiger partial charge on any atom is -0.508 e. The maximum Gasteiger partial charge on any atom is 0.246 e. The van der Waals surface area contributed by atoms with Crippen LogP contribution in [0.1, 0.15) is 43.0 Å². The summed E-state index contributed by atoms with van der Waals surface area (Å²) < 4.78 is 13.4. The minimum absolute atomic E-state index is 0.0480. The number of nitrogens with two attached hydrogens (primary N) is 2. The van der Waals surface area contributed by atoms with Crippen molar-refractivity contribution in [3.8, 4) is 11.5 Å². The number of aromatic hydroxyl groups is 2. The average Bonchev–Trinajstić information content (AvgIpc) is 2.95. The number of phenols is 2. The summed E-state index contributed by atoms with van der Waals surface area (Å²) in [6, 6.07) is 13.8. The molecule has 0 unspecified atom stereocenters. The zero-order valence-corrected chi connectivity index (χ0v) is 25.3. The number of primary amides is 1. The Bertz CT molecular complexity index is 1440. The molecule has 0 saturated carbocycles. The third-order valence-corrected chi connectivity index (χ3v) is 7.59. The van der Waals surface area contributed by atoms with Crippen LogP contribution in [0.5, 0.6) is 11.5 Å². The summed E-state index contributed by atoms with van der Waals surface area (Å²) in [7, 11) is 2.93. The first-order valence-corrected chi connectivity index (χ1v) is 14.0. The van der Waals surface area contributed by atoms with Gasteiger partial charge in [0.25, 0.3) is 0 Å². The van der Waals surface area contributed by atoms with Crippen LogP contribution in [0.25, 0.3) is 0 Å². The van der Waals surface area contributed by atoms with E-state index in [9.17, 15) is 29.0 Å². The molecule has 10 heteroatoms.